The first-order valence-corrected chi connectivity index (χ1v) is 13.0. The Balaban J connectivity index is 1.31. The van der Waals surface area contributed by atoms with Crippen LogP contribution in [0.3, 0.4) is 0 Å². The number of benzene rings is 3. The number of aryl methyl sites for hydroxylation is 1. The fourth-order valence-electron chi connectivity index (χ4n) is 5.04. The number of ether oxygens (including phenoxy) is 1. The van der Waals surface area contributed by atoms with E-state index in [-0.39, 0.29) is 24.8 Å². The van der Waals surface area contributed by atoms with E-state index in [4.69, 9.17) is 14.0 Å². The molecule has 0 bridgehead atoms. The molecule has 2 aliphatic rings. The van der Waals surface area contributed by atoms with Crippen LogP contribution in [-0.2, 0) is 14.0 Å². The molecule has 3 aromatic rings. The van der Waals surface area contributed by atoms with Crippen LogP contribution < -0.4 is 5.32 Å². The van der Waals surface area contributed by atoms with Gasteiger partial charge in [-0.05, 0) is 85.6 Å². The molecule has 6 nitrogen and oxygen atoms in total. The molecule has 0 saturated carbocycles. The zero-order valence-corrected chi connectivity index (χ0v) is 22.6. The van der Waals surface area contributed by atoms with Crippen molar-refractivity contribution in [2.45, 2.75) is 51.7 Å². The Labute approximate surface area is 224 Å². The molecule has 196 valence electrons. The fraction of sp³-hybridized carbons (Fsp3) is 0.323. The maximum atomic E-state index is 12.9. The van der Waals surface area contributed by atoms with Crippen molar-refractivity contribution in [3.8, 4) is 16.9 Å². The van der Waals surface area contributed by atoms with Crippen molar-refractivity contribution in [1.29, 1.82) is 0 Å². The summed E-state index contributed by atoms with van der Waals surface area (Å²) in [5.74, 6) is 0.194. The van der Waals surface area contributed by atoms with Crippen LogP contribution in [0.5, 0.6) is 5.75 Å². The zero-order chi connectivity index (χ0) is 27.1. The van der Waals surface area contributed by atoms with Crippen LogP contribution in [0.1, 0.15) is 55.9 Å². The molecule has 5 rings (SSSR count). The van der Waals surface area contributed by atoms with Gasteiger partial charge in [-0.2, -0.15) is 0 Å². The molecule has 2 N–H and O–H groups in total. The van der Waals surface area contributed by atoms with Crippen LogP contribution in [0.15, 0.2) is 72.2 Å². The molecular weight excluding hydrogens is 477 g/mol. The molecule has 38 heavy (non-hydrogen) atoms. The zero-order valence-electron chi connectivity index (χ0n) is 22.6. The van der Waals surface area contributed by atoms with Crippen LogP contribution >= 0.6 is 0 Å². The lowest BCUT2D eigenvalue weighted by Crippen LogP contribution is -2.41. The molecule has 7 heteroatoms. The molecule has 1 fully saturated rings. The van der Waals surface area contributed by atoms with Crippen molar-refractivity contribution in [3.05, 3.63) is 94.5 Å². The second-order valence-electron chi connectivity index (χ2n) is 11.0. The quantitative estimate of drug-likeness (QED) is 0.383. The SMILES string of the molecule is Cc1cc(O)ccc1C=C(CNC(=O)OCC1c2ccccc2-c2ccccc21)B1OC(C)(C)C(C)(C)O1. The Bertz CT molecular complexity index is 1340. The van der Waals surface area contributed by atoms with Gasteiger partial charge in [-0.3, -0.25) is 0 Å². The third kappa shape index (κ3) is 4.96. The minimum atomic E-state index is -0.637. The lowest BCUT2D eigenvalue weighted by atomic mass is 9.76. The standard InChI is InChI=1S/C31H34BNO5/c1-20-16-23(34)15-14-21(20)17-22(32-37-30(2,3)31(4,5)38-32)18-33-29(35)36-19-28-26-12-8-6-10-24(26)25-11-7-9-13-27(25)28/h6-17,28,34H,18-19H2,1-5H3,(H,33,35). The summed E-state index contributed by atoms with van der Waals surface area (Å²) in [6.07, 6.45) is 1.44. The maximum absolute atomic E-state index is 12.9. The van der Waals surface area contributed by atoms with Gasteiger partial charge in [0, 0.05) is 12.5 Å². The molecule has 1 aliphatic carbocycles. The predicted octanol–water partition coefficient (Wildman–Crippen LogP) is 6.25. The summed E-state index contributed by atoms with van der Waals surface area (Å²) in [5.41, 5.74) is 6.23. The van der Waals surface area contributed by atoms with E-state index in [0.717, 1.165) is 16.6 Å². The summed E-state index contributed by atoms with van der Waals surface area (Å²) < 4.78 is 18.3. The van der Waals surface area contributed by atoms with E-state index in [9.17, 15) is 9.90 Å². The summed E-state index contributed by atoms with van der Waals surface area (Å²) in [5, 5.41) is 12.7. The molecule has 1 aliphatic heterocycles. The third-order valence-electron chi connectivity index (χ3n) is 7.93. The van der Waals surface area contributed by atoms with E-state index in [2.05, 4.69) is 29.6 Å². The largest absolute Gasteiger partial charge is 0.508 e. The average Bonchev–Trinajstić information content (AvgIpc) is 3.30. The van der Waals surface area contributed by atoms with Crippen LogP contribution in [0.25, 0.3) is 17.2 Å². The predicted molar refractivity (Wildman–Crippen MR) is 150 cm³/mol. The molecule has 0 aromatic heterocycles. The van der Waals surface area contributed by atoms with Gasteiger partial charge in [0.1, 0.15) is 12.4 Å². The minimum Gasteiger partial charge on any atom is -0.508 e. The maximum Gasteiger partial charge on any atom is 0.492 e. The van der Waals surface area contributed by atoms with Gasteiger partial charge in [0.15, 0.2) is 0 Å². The van der Waals surface area contributed by atoms with E-state index >= 15 is 0 Å². The smallest absolute Gasteiger partial charge is 0.492 e. The van der Waals surface area contributed by atoms with Gasteiger partial charge in [0.05, 0.1) is 11.2 Å². The van der Waals surface area contributed by atoms with E-state index in [0.29, 0.717) is 0 Å². The number of alkyl carbamates (subject to hydrolysis) is 1. The first kappa shape index (κ1) is 26.1. The summed E-state index contributed by atoms with van der Waals surface area (Å²) in [7, 11) is -0.637. The van der Waals surface area contributed by atoms with Gasteiger partial charge in [-0.15, -0.1) is 0 Å². The van der Waals surface area contributed by atoms with E-state index in [1.807, 2.05) is 71.0 Å². The molecule has 1 heterocycles. The van der Waals surface area contributed by atoms with Crippen LogP contribution in [0, 0.1) is 6.92 Å². The number of phenolic OH excluding ortho intramolecular Hbond substituents is 1. The highest BCUT2D eigenvalue weighted by Gasteiger charge is 2.52. The van der Waals surface area contributed by atoms with Crippen molar-refractivity contribution in [3.63, 3.8) is 0 Å². The Morgan fingerprint density at radius 2 is 1.55 bits per heavy atom. The Hall–Kier alpha value is -3.55. The van der Waals surface area contributed by atoms with Crippen LogP contribution in [0.2, 0.25) is 0 Å². The topological polar surface area (TPSA) is 77.0 Å². The number of hydrogen-bond donors (Lipinski definition) is 2. The summed E-state index contributed by atoms with van der Waals surface area (Å²) in [6.45, 7) is 10.3. The van der Waals surface area contributed by atoms with Crippen molar-refractivity contribution < 1.29 is 23.9 Å². The van der Waals surface area contributed by atoms with Crippen molar-refractivity contribution in [1.82, 2.24) is 5.32 Å². The highest BCUT2D eigenvalue weighted by Crippen LogP contribution is 2.44. The number of carbonyl (C=O) groups is 1. The van der Waals surface area contributed by atoms with Gasteiger partial charge < -0.3 is 24.5 Å². The number of amides is 1. The summed E-state index contributed by atoms with van der Waals surface area (Å²) in [6, 6.07) is 21.7. The lowest BCUT2D eigenvalue weighted by Gasteiger charge is -2.32. The van der Waals surface area contributed by atoms with Crippen LogP contribution in [0.4, 0.5) is 4.79 Å². The number of nitrogens with one attached hydrogen (secondary N) is 1. The number of rotatable bonds is 6. The number of phenols is 1. The van der Waals surface area contributed by atoms with Crippen molar-refractivity contribution in [2.24, 2.45) is 0 Å². The Morgan fingerprint density at radius 1 is 0.974 bits per heavy atom. The van der Waals surface area contributed by atoms with Crippen LogP contribution in [-0.4, -0.2) is 42.7 Å². The first-order chi connectivity index (χ1) is 18.1. The molecule has 0 unspecified atom stereocenters. The summed E-state index contributed by atoms with van der Waals surface area (Å²) in [4.78, 5) is 12.9. The lowest BCUT2D eigenvalue weighted by molar-refractivity contribution is 0.00578. The van der Waals surface area contributed by atoms with Crippen molar-refractivity contribution in [2.75, 3.05) is 13.2 Å². The van der Waals surface area contributed by atoms with Gasteiger partial charge >= 0.3 is 13.2 Å². The molecule has 3 aromatic carbocycles. The van der Waals surface area contributed by atoms with E-state index in [1.165, 1.54) is 22.3 Å². The molecule has 1 amide bonds. The Kier molecular flexibility index (Phi) is 6.84. The first-order valence-electron chi connectivity index (χ1n) is 13.0. The van der Waals surface area contributed by atoms with Gasteiger partial charge in [0.25, 0.3) is 0 Å². The van der Waals surface area contributed by atoms with E-state index in [1.54, 1.807) is 12.1 Å². The van der Waals surface area contributed by atoms with Gasteiger partial charge in [-0.1, -0.05) is 60.7 Å². The fourth-order valence-corrected chi connectivity index (χ4v) is 5.04. The highest BCUT2D eigenvalue weighted by atomic mass is 16.7. The number of carbonyl (C=O) groups excluding carboxylic acids is 1. The summed E-state index contributed by atoms with van der Waals surface area (Å²) >= 11 is 0. The highest BCUT2D eigenvalue weighted by molar-refractivity contribution is 6.56. The second-order valence-corrected chi connectivity index (χ2v) is 11.0. The monoisotopic (exact) mass is 511 g/mol. The van der Waals surface area contributed by atoms with Crippen molar-refractivity contribution >= 4 is 19.3 Å². The molecule has 0 radical (unpaired) electrons. The second kappa shape index (κ2) is 9.97. The minimum absolute atomic E-state index is 0.00842. The molecular formula is C31H34BNO5. The van der Waals surface area contributed by atoms with E-state index < -0.39 is 24.4 Å². The normalized spacial score (nSPS) is 17.7. The third-order valence-corrected chi connectivity index (χ3v) is 7.93. The average molecular weight is 511 g/mol. The van der Waals surface area contributed by atoms with Gasteiger partial charge in [-0.25, -0.2) is 4.79 Å². The Morgan fingerprint density at radius 3 is 2.13 bits per heavy atom. The number of aromatic hydroxyl groups is 1. The number of fused-ring (bicyclic) bond motifs is 3. The molecule has 0 atom stereocenters. The van der Waals surface area contributed by atoms with Gasteiger partial charge in [0.2, 0.25) is 0 Å². The number of hydrogen-bond acceptors (Lipinski definition) is 5. The molecule has 0 spiro atoms. The molecule has 1 saturated heterocycles.